The van der Waals surface area contributed by atoms with Crippen LogP contribution < -0.4 is 4.90 Å². The molecule has 252 valence electrons. The molecular formula is C52H33NO. The summed E-state index contributed by atoms with van der Waals surface area (Å²) in [6.45, 7) is 0. The van der Waals surface area contributed by atoms with Crippen LogP contribution in [0.25, 0.3) is 87.3 Å². The lowest BCUT2D eigenvalue weighted by atomic mass is 9.89. The van der Waals surface area contributed by atoms with Gasteiger partial charge in [0.1, 0.15) is 11.2 Å². The minimum atomic E-state index is 0.857. The largest absolute Gasteiger partial charge is 0.455 e. The Morgan fingerprint density at radius 2 is 0.926 bits per heavy atom. The van der Waals surface area contributed by atoms with Crippen molar-refractivity contribution in [3.63, 3.8) is 0 Å². The van der Waals surface area contributed by atoms with E-state index in [9.17, 15) is 0 Å². The van der Waals surface area contributed by atoms with Crippen LogP contribution in [0.15, 0.2) is 205 Å². The summed E-state index contributed by atoms with van der Waals surface area (Å²) in [7, 11) is 0. The fraction of sp³-hybridized carbons (Fsp3) is 0. The van der Waals surface area contributed by atoms with Crippen LogP contribution in [0.2, 0.25) is 0 Å². The number of fused-ring (bicyclic) bond motifs is 8. The molecule has 0 N–H and O–H groups in total. The van der Waals surface area contributed by atoms with Gasteiger partial charge in [-0.2, -0.15) is 0 Å². The summed E-state index contributed by atoms with van der Waals surface area (Å²) >= 11 is 0. The van der Waals surface area contributed by atoms with Gasteiger partial charge in [-0.25, -0.2) is 0 Å². The Kier molecular flexibility index (Phi) is 6.90. The summed E-state index contributed by atoms with van der Waals surface area (Å²) in [5, 5.41) is 11.8. The van der Waals surface area contributed by atoms with E-state index in [1.165, 1.54) is 59.8 Å². The number of nitrogens with zero attached hydrogens (tertiary/aromatic N) is 1. The zero-order chi connectivity index (χ0) is 35.6. The predicted octanol–water partition coefficient (Wildman–Crippen LogP) is 15.0. The normalized spacial score (nSPS) is 11.7. The van der Waals surface area contributed by atoms with Crippen molar-refractivity contribution in [3.8, 4) is 22.3 Å². The number of anilines is 3. The average Bonchev–Trinajstić information content (AvgIpc) is 3.62. The molecule has 11 aromatic rings. The number of hydrogen-bond donors (Lipinski definition) is 0. The molecule has 0 unspecified atom stereocenters. The van der Waals surface area contributed by atoms with Crippen LogP contribution in [-0.2, 0) is 0 Å². The lowest BCUT2D eigenvalue weighted by molar-refractivity contribution is 0.670. The van der Waals surface area contributed by atoms with Gasteiger partial charge >= 0.3 is 0 Å². The van der Waals surface area contributed by atoms with Gasteiger partial charge in [0.25, 0.3) is 0 Å². The first-order valence-electron chi connectivity index (χ1n) is 18.5. The molecule has 0 aliphatic rings. The van der Waals surface area contributed by atoms with Gasteiger partial charge < -0.3 is 9.32 Å². The molecule has 1 heterocycles. The van der Waals surface area contributed by atoms with Gasteiger partial charge in [-0.1, -0.05) is 158 Å². The SMILES string of the molecule is c1ccc(-c2ccc(N(c3cccc4ccccc34)c3cccc4oc5c(-c6cc7ccccc7c7ccccc67)c6ccccc6cc5c34)cc2)cc1. The van der Waals surface area contributed by atoms with Crippen molar-refractivity contribution in [2.24, 2.45) is 0 Å². The van der Waals surface area contributed by atoms with Crippen LogP contribution in [0.5, 0.6) is 0 Å². The quantitative estimate of drug-likeness (QED) is 0.168. The third-order valence-electron chi connectivity index (χ3n) is 11.0. The first kappa shape index (κ1) is 30.5. The molecule has 2 heteroatoms. The highest BCUT2D eigenvalue weighted by atomic mass is 16.3. The van der Waals surface area contributed by atoms with E-state index in [0.29, 0.717) is 0 Å². The Balaban J connectivity index is 1.23. The van der Waals surface area contributed by atoms with E-state index in [0.717, 1.165) is 44.6 Å². The summed E-state index contributed by atoms with van der Waals surface area (Å²) in [5.41, 5.74) is 9.69. The maximum atomic E-state index is 7.11. The predicted molar refractivity (Wildman–Crippen MR) is 229 cm³/mol. The maximum Gasteiger partial charge on any atom is 0.143 e. The molecule has 0 spiro atoms. The summed E-state index contributed by atoms with van der Waals surface area (Å²) in [6.07, 6.45) is 0. The standard InChI is InChI=1S/C52H33NO/c1-2-14-34(15-3-1)35-28-30-39(31-29-35)53(47-25-12-19-36-16-4-8-21-41(36)47)48-26-13-27-49-51(48)46-33-38-18-6-9-22-42(38)50(52(46)54-49)45-32-37-17-5-7-20-40(37)43-23-10-11-24-44(43)45/h1-33H. The summed E-state index contributed by atoms with van der Waals surface area (Å²) in [6, 6.07) is 72.1. The molecule has 0 radical (unpaired) electrons. The first-order valence-corrected chi connectivity index (χ1v) is 18.5. The van der Waals surface area contributed by atoms with E-state index in [-0.39, 0.29) is 0 Å². The maximum absolute atomic E-state index is 7.11. The smallest absolute Gasteiger partial charge is 0.143 e. The topological polar surface area (TPSA) is 16.4 Å². The van der Waals surface area contributed by atoms with Crippen molar-refractivity contribution < 1.29 is 4.42 Å². The van der Waals surface area contributed by atoms with E-state index < -0.39 is 0 Å². The zero-order valence-corrected chi connectivity index (χ0v) is 29.4. The minimum absolute atomic E-state index is 0.857. The molecule has 0 aliphatic heterocycles. The van der Waals surface area contributed by atoms with E-state index in [1.54, 1.807) is 0 Å². The van der Waals surface area contributed by atoms with E-state index in [4.69, 9.17) is 4.42 Å². The van der Waals surface area contributed by atoms with Crippen LogP contribution in [0.1, 0.15) is 0 Å². The first-order chi connectivity index (χ1) is 26.8. The summed E-state index contributed by atoms with van der Waals surface area (Å²) in [4.78, 5) is 2.41. The van der Waals surface area contributed by atoms with Crippen molar-refractivity contribution in [2.75, 3.05) is 4.90 Å². The Labute approximate surface area is 312 Å². The lowest BCUT2D eigenvalue weighted by Gasteiger charge is -2.27. The van der Waals surface area contributed by atoms with Gasteiger partial charge in [0.2, 0.25) is 0 Å². The third kappa shape index (κ3) is 4.74. The molecule has 11 rings (SSSR count). The summed E-state index contributed by atoms with van der Waals surface area (Å²) in [5.74, 6) is 0. The fourth-order valence-electron chi connectivity index (χ4n) is 8.57. The minimum Gasteiger partial charge on any atom is -0.455 e. The molecule has 0 saturated carbocycles. The van der Waals surface area contributed by atoms with Crippen LogP contribution in [0.4, 0.5) is 17.1 Å². The molecule has 10 aromatic carbocycles. The van der Waals surface area contributed by atoms with Crippen LogP contribution in [0.3, 0.4) is 0 Å². The molecular weight excluding hydrogens is 655 g/mol. The second-order valence-electron chi connectivity index (χ2n) is 14.0. The van der Waals surface area contributed by atoms with Gasteiger partial charge in [0, 0.05) is 22.0 Å². The van der Waals surface area contributed by atoms with E-state index in [2.05, 4.69) is 205 Å². The van der Waals surface area contributed by atoms with E-state index >= 15 is 0 Å². The highest BCUT2D eigenvalue weighted by Crippen LogP contribution is 2.49. The van der Waals surface area contributed by atoms with Gasteiger partial charge in [0.15, 0.2) is 0 Å². The molecule has 0 amide bonds. The Bertz CT molecular complexity index is 3210. The second-order valence-corrected chi connectivity index (χ2v) is 14.0. The molecule has 0 bridgehead atoms. The highest BCUT2D eigenvalue weighted by Gasteiger charge is 2.24. The molecule has 0 fully saturated rings. The number of hydrogen-bond acceptors (Lipinski definition) is 2. The Hall–Kier alpha value is -7.16. The molecule has 1 aromatic heterocycles. The second kappa shape index (κ2) is 12.2. The zero-order valence-electron chi connectivity index (χ0n) is 29.4. The van der Waals surface area contributed by atoms with Crippen molar-refractivity contribution in [1.82, 2.24) is 0 Å². The van der Waals surface area contributed by atoms with Crippen LogP contribution in [0, 0.1) is 0 Å². The summed E-state index contributed by atoms with van der Waals surface area (Å²) < 4.78 is 7.11. The van der Waals surface area contributed by atoms with Gasteiger partial charge in [0.05, 0.1) is 16.8 Å². The molecule has 2 nitrogen and oxygen atoms in total. The van der Waals surface area contributed by atoms with Gasteiger partial charge in [-0.05, 0) is 96.9 Å². The van der Waals surface area contributed by atoms with Gasteiger partial charge in [-0.15, -0.1) is 0 Å². The molecule has 0 saturated heterocycles. The fourth-order valence-corrected chi connectivity index (χ4v) is 8.57. The molecule has 54 heavy (non-hydrogen) atoms. The van der Waals surface area contributed by atoms with Gasteiger partial charge in [-0.3, -0.25) is 0 Å². The van der Waals surface area contributed by atoms with Crippen molar-refractivity contribution in [3.05, 3.63) is 200 Å². The molecule has 0 aliphatic carbocycles. The van der Waals surface area contributed by atoms with Crippen LogP contribution >= 0.6 is 0 Å². The van der Waals surface area contributed by atoms with E-state index in [1.807, 2.05) is 0 Å². The number of furan rings is 1. The van der Waals surface area contributed by atoms with Crippen molar-refractivity contribution in [1.29, 1.82) is 0 Å². The highest BCUT2D eigenvalue weighted by molar-refractivity contribution is 6.25. The number of rotatable bonds is 5. The molecule has 0 atom stereocenters. The van der Waals surface area contributed by atoms with Crippen molar-refractivity contribution >= 4 is 82.1 Å². The Morgan fingerprint density at radius 3 is 1.72 bits per heavy atom. The monoisotopic (exact) mass is 687 g/mol. The third-order valence-corrected chi connectivity index (χ3v) is 11.0. The van der Waals surface area contributed by atoms with Crippen LogP contribution in [-0.4, -0.2) is 0 Å². The number of benzene rings is 10. The average molecular weight is 688 g/mol. The Morgan fingerprint density at radius 1 is 0.352 bits per heavy atom. The van der Waals surface area contributed by atoms with Crippen molar-refractivity contribution in [2.45, 2.75) is 0 Å². The lowest BCUT2D eigenvalue weighted by Crippen LogP contribution is -2.10.